The molecule has 2 aromatic rings. The summed E-state index contributed by atoms with van der Waals surface area (Å²) >= 11 is 0. The molecule has 8 heteroatoms. The Balaban J connectivity index is 1.90. The molecule has 0 spiro atoms. The van der Waals surface area contributed by atoms with Gasteiger partial charge in [0.1, 0.15) is 18.5 Å². The zero-order chi connectivity index (χ0) is 21.2. The van der Waals surface area contributed by atoms with E-state index in [0.717, 1.165) is 0 Å². The molecule has 0 amide bonds. The van der Waals surface area contributed by atoms with E-state index < -0.39 is 11.0 Å². The number of nitro benzene ring substituents is 1. The number of ether oxygens (including phenoxy) is 1. The van der Waals surface area contributed by atoms with Gasteiger partial charge in [0.15, 0.2) is 5.96 Å². The Morgan fingerprint density at radius 2 is 1.97 bits per heavy atom. The number of hydrogen-bond donors (Lipinski definition) is 2. The highest BCUT2D eigenvalue weighted by Gasteiger charge is 2.11. The van der Waals surface area contributed by atoms with Gasteiger partial charge in [0.05, 0.1) is 11.5 Å². The molecule has 0 saturated heterocycles. The predicted octanol–water partition coefficient (Wildman–Crippen LogP) is 2.74. The van der Waals surface area contributed by atoms with Crippen molar-refractivity contribution in [2.24, 2.45) is 4.99 Å². The zero-order valence-electron chi connectivity index (χ0n) is 17.0. The number of non-ortho nitro benzene ring substituents is 1. The highest BCUT2D eigenvalue weighted by atomic mass is 16.6. The number of aliphatic hydroxyl groups is 1. The van der Waals surface area contributed by atoms with Crippen LogP contribution in [-0.2, 0) is 6.54 Å². The molecule has 2 rings (SSSR count). The van der Waals surface area contributed by atoms with Gasteiger partial charge in [0.25, 0.3) is 5.69 Å². The number of nitro groups is 1. The van der Waals surface area contributed by atoms with Crippen LogP contribution in [0.5, 0.6) is 5.75 Å². The Kier molecular flexibility index (Phi) is 8.42. The lowest BCUT2D eigenvalue weighted by atomic mass is 10.1. The molecule has 0 heterocycles. The summed E-state index contributed by atoms with van der Waals surface area (Å²) < 4.78 is 5.49. The zero-order valence-corrected chi connectivity index (χ0v) is 17.0. The maximum absolute atomic E-state index is 10.7. The summed E-state index contributed by atoms with van der Waals surface area (Å²) in [5, 5.41) is 24.1. The van der Waals surface area contributed by atoms with Gasteiger partial charge in [-0.15, -0.1) is 0 Å². The van der Waals surface area contributed by atoms with Crippen molar-refractivity contribution < 1.29 is 14.8 Å². The molecule has 0 aromatic heterocycles. The number of guanidine groups is 1. The first-order chi connectivity index (χ1) is 13.9. The van der Waals surface area contributed by atoms with Crippen LogP contribution in [-0.4, -0.2) is 53.7 Å². The van der Waals surface area contributed by atoms with Crippen LogP contribution >= 0.6 is 0 Å². The molecule has 156 valence electrons. The molecular formula is C21H28N4O4. The Morgan fingerprint density at radius 3 is 2.59 bits per heavy atom. The van der Waals surface area contributed by atoms with Gasteiger partial charge in [-0.05, 0) is 37.1 Å². The van der Waals surface area contributed by atoms with Crippen LogP contribution in [0.3, 0.4) is 0 Å². The predicted molar refractivity (Wildman–Crippen MR) is 113 cm³/mol. The van der Waals surface area contributed by atoms with E-state index in [1.54, 1.807) is 0 Å². The second kappa shape index (κ2) is 11.0. The van der Waals surface area contributed by atoms with Crippen molar-refractivity contribution in [3.8, 4) is 5.75 Å². The molecule has 0 aliphatic heterocycles. The third kappa shape index (κ3) is 7.08. The molecule has 0 radical (unpaired) electrons. The SMILES string of the molecule is CCNC(=NCC(O)COc1ccc([N+](=O)[O-])cc1)N(C)Cc1ccccc1C. The number of aliphatic hydroxyl groups excluding tert-OH is 1. The van der Waals surface area contributed by atoms with Gasteiger partial charge in [0, 0.05) is 32.3 Å². The largest absolute Gasteiger partial charge is 0.491 e. The van der Waals surface area contributed by atoms with Gasteiger partial charge in [-0.3, -0.25) is 15.1 Å². The lowest BCUT2D eigenvalue weighted by Gasteiger charge is -2.23. The fourth-order valence-electron chi connectivity index (χ4n) is 2.69. The summed E-state index contributed by atoms with van der Waals surface area (Å²) in [5.41, 5.74) is 2.42. The molecule has 29 heavy (non-hydrogen) atoms. The smallest absolute Gasteiger partial charge is 0.269 e. The lowest BCUT2D eigenvalue weighted by Crippen LogP contribution is -2.39. The van der Waals surface area contributed by atoms with Crippen LogP contribution in [0.4, 0.5) is 5.69 Å². The van der Waals surface area contributed by atoms with Gasteiger partial charge in [-0.2, -0.15) is 0 Å². The minimum absolute atomic E-state index is 0.00512. The third-order valence-corrected chi connectivity index (χ3v) is 4.31. The van der Waals surface area contributed by atoms with Crippen LogP contribution in [0.2, 0.25) is 0 Å². The van der Waals surface area contributed by atoms with Gasteiger partial charge >= 0.3 is 0 Å². The second-order valence-electron chi connectivity index (χ2n) is 6.69. The van der Waals surface area contributed by atoms with E-state index in [1.165, 1.54) is 35.4 Å². The summed E-state index contributed by atoms with van der Waals surface area (Å²) in [4.78, 5) is 16.7. The normalized spacial score (nSPS) is 12.3. The average Bonchev–Trinajstić information content (AvgIpc) is 2.71. The van der Waals surface area contributed by atoms with Crippen LogP contribution in [0.1, 0.15) is 18.1 Å². The summed E-state index contributed by atoms with van der Waals surface area (Å²) in [6.07, 6.45) is -0.800. The first-order valence-electron chi connectivity index (χ1n) is 9.50. The summed E-state index contributed by atoms with van der Waals surface area (Å²) in [6, 6.07) is 13.9. The number of nitrogens with one attached hydrogen (secondary N) is 1. The molecule has 2 aromatic carbocycles. The van der Waals surface area contributed by atoms with Crippen LogP contribution in [0.15, 0.2) is 53.5 Å². The molecule has 0 saturated carbocycles. The van der Waals surface area contributed by atoms with E-state index in [4.69, 9.17) is 4.74 Å². The molecule has 1 unspecified atom stereocenters. The number of nitrogens with zero attached hydrogens (tertiary/aromatic N) is 3. The molecule has 0 bridgehead atoms. The Labute approximate surface area is 171 Å². The number of benzene rings is 2. The number of rotatable bonds is 9. The minimum atomic E-state index is -0.800. The average molecular weight is 400 g/mol. The maximum Gasteiger partial charge on any atom is 0.269 e. The van der Waals surface area contributed by atoms with Crippen molar-refractivity contribution in [2.45, 2.75) is 26.5 Å². The summed E-state index contributed by atoms with van der Waals surface area (Å²) in [7, 11) is 1.95. The van der Waals surface area contributed by atoms with Crippen molar-refractivity contribution >= 4 is 11.6 Å². The number of aliphatic imine (C=N–C) groups is 1. The topological polar surface area (TPSA) is 100 Å². The van der Waals surface area contributed by atoms with Crippen molar-refractivity contribution in [2.75, 3.05) is 26.7 Å². The third-order valence-electron chi connectivity index (χ3n) is 4.31. The van der Waals surface area contributed by atoms with Gasteiger partial charge < -0.3 is 20.1 Å². The Hall–Kier alpha value is -3.13. The molecule has 0 fully saturated rings. The molecule has 2 N–H and O–H groups in total. The summed E-state index contributed by atoms with van der Waals surface area (Å²) in [5.74, 6) is 1.16. The highest BCUT2D eigenvalue weighted by Crippen LogP contribution is 2.17. The van der Waals surface area contributed by atoms with Crippen molar-refractivity contribution in [3.63, 3.8) is 0 Å². The van der Waals surface area contributed by atoms with Crippen LogP contribution in [0, 0.1) is 17.0 Å². The Bertz CT molecular complexity index is 824. The summed E-state index contributed by atoms with van der Waals surface area (Å²) in [6.45, 7) is 5.70. The molecule has 1 atom stereocenters. The van der Waals surface area contributed by atoms with Crippen molar-refractivity contribution in [1.82, 2.24) is 10.2 Å². The molecule has 8 nitrogen and oxygen atoms in total. The van der Waals surface area contributed by atoms with Gasteiger partial charge in [-0.1, -0.05) is 24.3 Å². The van der Waals surface area contributed by atoms with Crippen molar-refractivity contribution in [1.29, 1.82) is 0 Å². The van der Waals surface area contributed by atoms with E-state index in [9.17, 15) is 15.2 Å². The fraction of sp³-hybridized carbons (Fsp3) is 0.381. The number of aryl methyl sites for hydroxylation is 1. The second-order valence-corrected chi connectivity index (χ2v) is 6.69. The number of hydrogen-bond acceptors (Lipinski definition) is 5. The van der Waals surface area contributed by atoms with Crippen LogP contribution in [0.25, 0.3) is 0 Å². The molecule has 0 aliphatic carbocycles. The van der Waals surface area contributed by atoms with E-state index >= 15 is 0 Å². The lowest BCUT2D eigenvalue weighted by molar-refractivity contribution is -0.384. The van der Waals surface area contributed by atoms with E-state index in [0.29, 0.717) is 24.8 Å². The van der Waals surface area contributed by atoms with Gasteiger partial charge in [-0.25, -0.2) is 0 Å². The fourth-order valence-corrected chi connectivity index (χ4v) is 2.69. The standard InChI is InChI=1S/C21H28N4O4/c1-4-22-21(24(3)14-17-8-6-5-7-16(17)2)23-13-19(26)15-29-20-11-9-18(10-12-20)25(27)28/h5-12,19,26H,4,13-15H2,1-3H3,(H,22,23). The van der Waals surface area contributed by atoms with E-state index in [1.807, 2.05) is 31.0 Å². The first-order valence-corrected chi connectivity index (χ1v) is 9.50. The Morgan fingerprint density at radius 1 is 1.28 bits per heavy atom. The van der Waals surface area contributed by atoms with Crippen molar-refractivity contribution in [3.05, 3.63) is 69.8 Å². The molecular weight excluding hydrogens is 372 g/mol. The van der Waals surface area contributed by atoms with E-state index in [-0.39, 0.29) is 18.8 Å². The molecule has 0 aliphatic rings. The maximum atomic E-state index is 10.7. The van der Waals surface area contributed by atoms with Crippen LogP contribution < -0.4 is 10.1 Å². The van der Waals surface area contributed by atoms with Gasteiger partial charge in [0.2, 0.25) is 0 Å². The first kappa shape index (κ1) is 22.2. The monoisotopic (exact) mass is 400 g/mol. The minimum Gasteiger partial charge on any atom is -0.491 e. The highest BCUT2D eigenvalue weighted by molar-refractivity contribution is 5.79. The van der Waals surface area contributed by atoms with E-state index in [2.05, 4.69) is 29.4 Å². The quantitative estimate of drug-likeness (QED) is 0.291.